The molecule has 0 aliphatic rings. The predicted octanol–water partition coefficient (Wildman–Crippen LogP) is 3.79. The number of nitrogen functional groups attached to an aromatic ring is 1. The van der Waals surface area contributed by atoms with Gasteiger partial charge in [-0.1, -0.05) is 30.8 Å². The molecule has 1 aromatic carbocycles. The minimum atomic E-state index is 0.288. The van der Waals surface area contributed by atoms with Crippen molar-refractivity contribution >= 4 is 39.5 Å². The van der Waals surface area contributed by atoms with Crippen LogP contribution in [0.15, 0.2) is 44.7 Å². The van der Waals surface area contributed by atoms with E-state index in [1.807, 2.05) is 30.3 Å². The van der Waals surface area contributed by atoms with E-state index in [4.69, 9.17) is 5.73 Å². The molecule has 0 spiro atoms. The topological polar surface area (TPSA) is 63.8 Å². The number of nitrogens with one attached hydrogen (secondary N) is 1. The number of hydrogen-bond acceptors (Lipinski definition) is 5. The van der Waals surface area contributed by atoms with Crippen LogP contribution in [0.25, 0.3) is 0 Å². The fourth-order valence-electron chi connectivity index (χ4n) is 1.48. The van der Waals surface area contributed by atoms with Gasteiger partial charge in [-0.3, -0.25) is 0 Å². The molecule has 0 unspecified atom stereocenters. The minimum Gasteiger partial charge on any atom is -0.370 e. The fraction of sp³-hybridized carbons (Fsp3) is 0.231. The van der Waals surface area contributed by atoms with Crippen molar-refractivity contribution in [2.45, 2.75) is 23.3 Å². The van der Waals surface area contributed by atoms with Gasteiger partial charge in [-0.25, -0.2) is 4.98 Å². The number of rotatable bonds is 5. The van der Waals surface area contributed by atoms with Crippen molar-refractivity contribution in [2.75, 3.05) is 17.6 Å². The van der Waals surface area contributed by atoms with Gasteiger partial charge in [-0.2, -0.15) is 4.98 Å². The second kappa shape index (κ2) is 6.77. The molecule has 0 radical (unpaired) electrons. The van der Waals surface area contributed by atoms with Crippen LogP contribution in [0.1, 0.15) is 13.3 Å². The van der Waals surface area contributed by atoms with Gasteiger partial charge in [0, 0.05) is 22.0 Å². The van der Waals surface area contributed by atoms with Crippen molar-refractivity contribution in [3.63, 3.8) is 0 Å². The maximum Gasteiger partial charge on any atom is 0.223 e. The van der Waals surface area contributed by atoms with Gasteiger partial charge in [0.1, 0.15) is 10.8 Å². The lowest BCUT2D eigenvalue weighted by Gasteiger charge is -2.08. The van der Waals surface area contributed by atoms with Crippen LogP contribution < -0.4 is 11.1 Å². The molecule has 0 fully saturated rings. The van der Waals surface area contributed by atoms with Gasteiger partial charge in [0.2, 0.25) is 5.95 Å². The second-order valence-corrected chi connectivity index (χ2v) is 5.83. The van der Waals surface area contributed by atoms with Crippen molar-refractivity contribution in [3.05, 3.63) is 34.8 Å². The summed E-state index contributed by atoms with van der Waals surface area (Å²) in [6.45, 7) is 2.98. The highest BCUT2D eigenvalue weighted by atomic mass is 79.9. The first-order valence-corrected chi connectivity index (χ1v) is 7.61. The van der Waals surface area contributed by atoms with Gasteiger partial charge < -0.3 is 11.1 Å². The highest BCUT2D eigenvalue weighted by Crippen LogP contribution is 2.33. The molecule has 100 valence electrons. The average Bonchev–Trinajstić information content (AvgIpc) is 2.38. The predicted molar refractivity (Wildman–Crippen MR) is 83.5 cm³/mol. The number of aromatic nitrogens is 2. The number of nitrogens with zero attached hydrogens (tertiary/aromatic N) is 2. The Kier molecular flexibility index (Phi) is 5.04. The van der Waals surface area contributed by atoms with Crippen molar-refractivity contribution in [3.8, 4) is 0 Å². The lowest BCUT2D eigenvalue weighted by atomic mass is 10.4. The second-order valence-electron chi connectivity index (χ2n) is 3.91. The Morgan fingerprint density at radius 1 is 1.32 bits per heavy atom. The first-order valence-electron chi connectivity index (χ1n) is 6.00. The summed E-state index contributed by atoms with van der Waals surface area (Å²) in [5, 5.41) is 4.05. The van der Waals surface area contributed by atoms with Crippen molar-refractivity contribution in [1.82, 2.24) is 9.97 Å². The molecule has 0 aliphatic carbocycles. The number of benzene rings is 1. The molecular weight excluding hydrogens is 324 g/mol. The van der Waals surface area contributed by atoms with E-state index < -0.39 is 0 Å². The first kappa shape index (κ1) is 14.1. The van der Waals surface area contributed by atoms with Gasteiger partial charge in [0.05, 0.1) is 0 Å². The fourth-order valence-corrected chi connectivity index (χ4v) is 2.85. The minimum absolute atomic E-state index is 0.288. The smallest absolute Gasteiger partial charge is 0.223 e. The Bertz CT molecular complexity index is 562. The molecule has 4 nitrogen and oxygen atoms in total. The maximum atomic E-state index is 5.74. The van der Waals surface area contributed by atoms with Crippen molar-refractivity contribution < 1.29 is 0 Å². The molecule has 0 aliphatic heterocycles. The van der Waals surface area contributed by atoms with Crippen LogP contribution in [0.3, 0.4) is 0 Å². The molecule has 2 aromatic rings. The monoisotopic (exact) mass is 338 g/mol. The molecular formula is C13H15BrN4S. The summed E-state index contributed by atoms with van der Waals surface area (Å²) in [7, 11) is 0. The summed E-state index contributed by atoms with van der Waals surface area (Å²) in [6.07, 6.45) is 1.04. The van der Waals surface area contributed by atoms with Crippen LogP contribution in [-0.4, -0.2) is 16.5 Å². The zero-order valence-corrected chi connectivity index (χ0v) is 13.0. The highest BCUT2D eigenvalue weighted by Gasteiger charge is 2.06. The molecule has 3 N–H and O–H groups in total. The summed E-state index contributed by atoms with van der Waals surface area (Å²) in [6, 6.07) is 9.93. The lowest BCUT2D eigenvalue weighted by Crippen LogP contribution is -2.05. The molecule has 0 atom stereocenters. The van der Waals surface area contributed by atoms with Gasteiger partial charge in [0.25, 0.3) is 0 Å². The van der Waals surface area contributed by atoms with Crippen LogP contribution in [-0.2, 0) is 0 Å². The van der Waals surface area contributed by atoms with Gasteiger partial charge in [-0.15, -0.1) is 0 Å². The lowest BCUT2D eigenvalue weighted by molar-refractivity contribution is 0.957. The van der Waals surface area contributed by atoms with Gasteiger partial charge >= 0.3 is 0 Å². The van der Waals surface area contributed by atoms with Crippen molar-refractivity contribution in [2.24, 2.45) is 0 Å². The van der Waals surface area contributed by atoms with Crippen LogP contribution in [0, 0.1) is 0 Å². The van der Waals surface area contributed by atoms with E-state index in [0.29, 0.717) is 0 Å². The van der Waals surface area contributed by atoms with E-state index in [9.17, 15) is 0 Å². The molecule has 0 bridgehead atoms. The standard InChI is InChI=1S/C13H15BrN4S/c1-2-7-16-11-8-12(18-13(15)17-11)19-10-6-4-3-5-9(10)14/h3-6,8H,2,7H2,1H3,(H3,15,16,17,18). The van der Waals surface area contributed by atoms with E-state index in [1.165, 1.54) is 0 Å². The maximum absolute atomic E-state index is 5.74. The number of anilines is 2. The Balaban J connectivity index is 2.20. The summed E-state index contributed by atoms with van der Waals surface area (Å²) in [5.41, 5.74) is 5.74. The van der Waals surface area contributed by atoms with Crippen LogP contribution in [0.4, 0.5) is 11.8 Å². The molecule has 2 rings (SSSR count). The summed E-state index contributed by atoms with van der Waals surface area (Å²) >= 11 is 5.08. The van der Waals surface area contributed by atoms with Crippen molar-refractivity contribution in [1.29, 1.82) is 0 Å². The Morgan fingerprint density at radius 2 is 2.11 bits per heavy atom. The quantitative estimate of drug-likeness (QED) is 0.812. The van der Waals surface area contributed by atoms with E-state index in [-0.39, 0.29) is 5.95 Å². The largest absolute Gasteiger partial charge is 0.370 e. The SMILES string of the molecule is CCCNc1cc(Sc2ccccc2Br)nc(N)n1. The average molecular weight is 339 g/mol. The Morgan fingerprint density at radius 3 is 2.84 bits per heavy atom. The summed E-state index contributed by atoms with van der Waals surface area (Å²) in [4.78, 5) is 9.51. The molecule has 0 saturated heterocycles. The molecule has 19 heavy (non-hydrogen) atoms. The number of halogens is 1. The van der Waals surface area contributed by atoms with Gasteiger partial charge in [-0.05, 0) is 34.5 Å². The van der Waals surface area contributed by atoms with Crippen LogP contribution >= 0.6 is 27.7 Å². The third-order valence-electron chi connectivity index (χ3n) is 2.33. The van der Waals surface area contributed by atoms with E-state index in [1.54, 1.807) is 11.8 Å². The molecule has 0 saturated carbocycles. The zero-order valence-electron chi connectivity index (χ0n) is 10.6. The van der Waals surface area contributed by atoms with Gasteiger partial charge in [0.15, 0.2) is 0 Å². The third kappa shape index (κ3) is 4.11. The Labute approximate surface area is 125 Å². The third-order valence-corrected chi connectivity index (χ3v) is 4.28. The first-order chi connectivity index (χ1) is 9.19. The van der Waals surface area contributed by atoms with Crippen LogP contribution in [0.2, 0.25) is 0 Å². The molecule has 0 amide bonds. The molecule has 6 heteroatoms. The van der Waals surface area contributed by atoms with E-state index in [0.717, 1.165) is 33.2 Å². The molecule has 1 aromatic heterocycles. The zero-order chi connectivity index (χ0) is 13.7. The van der Waals surface area contributed by atoms with Crippen LogP contribution in [0.5, 0.6) is 0 Å². The summed E-state index contributed by atoms with van der Waals surface area (Å²) < 4.78 is 1.04. The Hall–Kier alpha value is -1.27. The normalized spacial score (nSPS) is 10.4. The van der Waals surface area contributed by atoms with E-state index in [2.05, 4.69) is 38.1 Å². The highest BCUT2D eigenvalue weighted by molar-refractivity contribution is 9.10. The summed E-state index contributed by atoms with van der Waals surface area (Å²) in [5.74, 6) is 1.06. The number of hydrogen-bond donors (Lipinski definition) is 2. The molecule has 1 heterocycles. The number of nitrogens with two attached hydrogens (primary N) is 1. The van der Waals surface area contributed by atoms with E-state index >= 15 is 0 Å².